The number of rotatable bonds is 5. The molecular weight excluding hydrogens is 195 g/mol. The van der Waals surface area contributed by atoms with Crippen LogP contribution in [0.3, 0.4) is 0 Å². The fraction of sp³-hybridized carbons (Fsp3) is 0.500. The van der Waals surface area contributed by atoms with Crippen molar-refractivity contribution in [2.24, 2.45) is 0 Å². The van der Waals surface area contributed by atoms with E-state index < -0.39 is 0 Å². The van der Waals surface area contributed by atoms with Gasteiger partial charge in [-0.15, -0.1) is 0 Å². The van der Waals surface area contributed by atoms with Crippen LogP contribution in [0.15, 0.2) is 18.2 Å². The Morgan fingerprint density at radius 1 is 1.27 bits per heavy atom. The summed E-state index contributed by atoms with van der Waals surface area (Å²) in [7, 11) is 0. The smallest absolute Gasteiger partial charge is 0.126 e. The van der Waals surface area contributed by atoms with Gasteiger partial charge in [0.15, 0.2) is 0 Å². The maximum atomic E-state index is 12.9. The van der Waals surface area contributed by atoms with E-state index in [9.17, 15) is 4.39 Å². The zero-order valence-electron chi connectivity index (χ0n) is 9.42. The molecule has 0 fully saturated rings. The first kappa shape index (κ1) is 12.0. The normalized spacial score (nSPS) is 10.7. The maximum absolute atomic E-state index is 12.9. The fourth-order valence-electron chi connectivity index (χ4n) is 1.15. The van der Waals surface area contributed by atoms with Crippen LogP contribution >= 0.6 is 0 Å². The second-order valence-electron chi connectivity index (χ2n) is 3.68. The van der Waals surface area contributed by atoms with Crippen molar-refractivity contribution in [1.82, 2.24) is 0 Å². The van der Waals surface area contributed by atoms with E-state index >= 15 is 0 Å². The molecule has 0 aliphatic carbocycles. The van der Waals surface area contributed by atoms with Crippen LogP contribution in [-0.4, -0.2) is 19.3 Å². The van der Waals surface area contributed by atoms with E-state index in [0.717, 1.165) is 0 Å². The van der Waals surface area contributed by atoms with Crippen molar-refractivity contribution in [2.75, 3.05) is 13.2 Å². The molecule has 0 bridgehead atoms. The quantitative estimate of drug-likeness (QED) is 0.699. The highest BCUT2D eigenvalue weighted by Crippen LogP contribution is 2.15. The first-order chi connectivity index (χ1) is 7.09. The zero-order valence-corrected chi connectivity index (χ0v) is 9.42. The minimum atomic E-state index is -0.208. The molecule has 0 aliphatic heterocycles. The van der Waals surface area contributed by atoms with Gasteiger partial charge in [0.05, 0.1) is 12.7 Å². The molecule has 2 nitrogen and oxygen atoms in total. The van der Waals surface area contributed by atoms with Crippen LogP contribution < -0.4 is 4.74 Å². The van der Waals surface area contributed by atoms with Crippen LogP contribution in [0.1, 0.15) is 19.4 Å². The van der Waals surface area contributed by atoms with Crippen molar-refractivity contribution < 1.29 is 13.9 Å². The highest BCUT2D eigenvalue weighted by molar-refractivity contribution is 5.28. The molecule has 0 saturated carbocycles. The van der Waals surface area contributed by atoms with Gasteiger partial charge in [-0.1, -0.05) is 0 Å². The molecule has 0 spiro atoms. The van der Waals surface area contributed by atoms with Crippen LogP contribution in [0.25, 0.3) is 0 Å². The van der Waals surface area contributed by atoms with E-state index in [1.165, 1.54) is 6.07 Å². The van der Waals surface area contributed by atoms with Gasteiger partial charge in [0.25, 0.3) is 0 Å². The van der Waals surface area contributed by atoms with E-state index in [0.29, 0.717) is 24.5 Å². The van der Waals surface area contributed by atoms with E-state index in [-0.39, 0.29) is 11.9 Å². The Balaban J connectivity index is 2.35. The van der Waals surface area contributed by atoms with Gasteiger partial charge in [-0.25, -0.2) is 4.39 Å². The highest BCUT2D eigenvalue weighted by Gasteiger charge is 2.00. The van der Waals surface area contributed by atoms with Crippen molar-refractivity contribution in [2.45, 2.75) is 26.9 Å². The molecule has 1 aromatic rings. The molecular formula is C12H17FO2. The Morgan fingerprint density at radius 2 is 2.00 bits per heavy atom. The van der Waals surface area contributed by atoms with Gasteiger partial charge >= 0.3 is 0 Å². The summed E-state index contributed by atoms with van der Waals surface area (Å²) in [5.41, 5.74) is 0.595. The third-order valence-electron chi connectivity index (χ3n) is 1.93. The van der Waals surface area contributed by atoms with Crippen molar-refractivity contribution in [3.05, 3.63) is 29.6 Å². The summed E-state index contributed by atoms with van der Waals surface area (Å²) in [4.78, 5) is 0. The molecule has 0 aromatic heterocycles. The second kappa shape index (κ2) is 5.71. The van der Waals surface area contributed by atoms with Crippen LogP contribution in [-0.2, 0) is 4.74 Å². The average Bonchev–Trinajstić information content (AvgIpc) is 2.18. The van der Waals surface area contributed by atoms with Crippen molar-refractivity contribution in [3.63, 3.8) is 0 Å². The molecule has 0 atom stereocenters. The first-order valence-corrected chi connectivity index (χ1v) is 5.10. The molecule has 0 amide bonds. The molecule has 0 N–H and O–H groups in total. The molecule has 1 aromatic carbocycles. The molecule has 0 unspecified atom stereocenters. The van der Waals surface area contributed by atoms with Gasteiger partial charge < -0.3 is 9.47 Å². The minimum absolute atomic E-state index is 0.208. The number of halogens is 1. The second-order valence-corrected chi connectivity index (χ2v) is 3.68. The predicted molar refractivity (Wildman–Crippen MR) is 57.7 cm³/mol. The number of benzene rings is 1. The SMILES string of the molecule is Cc1cc(OCCOC(C)C)ccc1F. The summed E-state index contributed by atoms with van der Waals surface area (Å²) in [5.74, 6) is 0.474. The third-order valence-corrected chi connectivity index (χ3v) is 1.93. The molecule has 0 aliphatic rings. The summed E-state index contributed by atoms with van der Waals surface area (Å²) in [6, 6.07) is 4.72. The van der Waals surface area contributed by atoms with Gasteiger partial charge in [-0.05, 0) is 44.5 Å². The minimum Gasteiger partial charge on any atom is -0.491 e. The lowest BCUT2D eigenvalue weighted by atomic mass is 10.2. The Hall–Kier alpha value is -1.09. The summed E-state index contributed by atoms with van der Waals surface area (Å²) >= 11 is 0. The summed E-state index contributed by atoms with van der Waals surface area (Å²) in [5, 5.41) is 0. The van der Waals surface area contributed by atoms with Gasteiger partial charge in [0.1, 0.15) is 18.2 Å². The third kappa shape index (κ3) is 4.30. The fourth-order valence-corrected chi connectivity index (χ4v) is 1.15. The van der Waals surface area contributed by atoms with Gasteiger partial charge in [-0.3, -0.25) is 0 Å². The lowest BCUT2D eigenvalue weighted by molar-refractivity contribution is 0.0552. The van der Waals surface area contributed by atoms with E-state index in [1.807, 2.05) is 13.8 Å². The number of hydrogen-bond acceptors (Lipinski definition) is 2. The monoisotopic (exact) mass is 212 g/mol. The molecule has 0 saturated heterocycles. The summed E-state index contributed by atoms with van der Waals surface area (Å²) in [6.45, 7) is 6.70. The van der Waals surface area contributed by atoms with Crippen molar-refractivity contribution in [1.29, 1.82) is 0 Å². The largest absolute Gasteiger partial charge is 0.491 e. The average molecular weight is 212 g/mol. The highest BCUT2D eigenvalue weighted by atomic mass is 19.1. The predicted octanol–water partition coefficient (Wildman–Crippen LogP) is 2.94. The van der Waals surface area contributed by atoms with Crippen LogP contribution in [0.2, 0.25) is 0 Å². The molecule has 0 radical (unpaired) electrons. The standard InChI is InChI=1S/C12H17FO2/c1-9(2)14-6-7-15-11-4-5-12(13)10(3)8-11/h4-5,8-9H,6-7H2,1-3H3. The molecule has 1 rings (SSSR count). The van der Waals surface area contributed by atoms with Crippen molar-refractivity contribution in [3.8, 4) is 5.75 Å². The van der Waals surface area contributed by atoms with E-state index in [2.05, 4.69) is 0 Å². The van der Waals surface area contributed by atoms with Gasteiger partial charge in [-0.2, -0.15) is 0 Å². The Bertz CT molecular complexity index is 310. The molecule has 3 heteroatoms. The molecule has 84 valence electrons. The van der Waals surface area contributed by atoms with Crippen LogP contribution in [0, 0.1) is 12.7 Å². The molecule has 0 heterocycles. The van der Waals surface area contributed by atoms with E-state index in [1.54, 1.807) is 19.1 Å². The van der Waals surface area contributed by atoms with E-state index in [4.69, 9.17) is 9.47 Å². The van der Waals surface area contributed by atoms with Crippen LogP contribution in [0.5, 0.6) is 5.75 Å². The summed E-state index contributed by atoms with van der Waals surface area (Å²) < 4.78 is 23.6. The Kier molecular flexibility index (Phi) is 4.56. The zero-order chi connectivity index (χ0) is 11.3. The Morgan fingerprint density at radius 3 is 2.60 bits per heavy atom. The number of aryl methyl sites for hydroxylation is 1. The topological polar surface area (TPSA) is 18.5 Å². The van der Waals surface area contributed by atoms with Crippen LogP contribution in [0.4, 0.5) is 4.39 Å². The maximum Gasteiger partial charge on any atom is 0.126 e. The van der Waals surface area contributed by atoms with Crippen molar-refractivity contribution >= 4 is 0 Å². The summed E-state index contributed by atoms with van der Waals surface area (Å²) in [6.07, 6.45) is 0.212. The Labute approximate surface area is 90.0 Å². The van der Waals surface area contributed by atoms with Gasteiger partial charge in [0, 0.05) is 0 Å². The van der Waals surface area contributed by atoms with Gasteiger partial charge in [0.2, 0.25) is 0 Å². The number of hydrogen-bond donors (Lipinski definition) is 0. The lowest BCUT2D eigenvalue weighted by Gasteiger charge is -2.09. The first-order valence-electron chi connectivity index (χ1n) is 5.10. The number of ether oxygens (including phenoxy) is 2. The molecule has 15 heavy (non-hydrogen) atoms. The lowest BCUT2D eigenvalue weighted by Crippen LogP contribution is -2.11.